The number of rotatable bonds is 10. The molecule has 0 amide bonds. The number of aryl methyl sites for hydroxylation is 1. The molecule has 0 bridgehead atoms. The molecule has 220 valence electrons. The van der Waals surface area contributed by atoms with Gasteiger partial charge >= 0.3 is 0 Å². The summed E-state index contributed by atoms with van der Waals surface area (Å²) in [5, 5.41) is 24.2. The van der Waals surface area contributed by atoms with E-state index in [9.17, 15) is 15.2 Å². The molecule has 7 nitrogen and oxygen atoms in total. The van der Waals surface area contributed by atoms with Crippen molar-refractivity contribution in [3.05, 3.63) is 93.3 Å². The first kappa shape index (κ1) is 29.7. The van der Waals surface area contributed by atoms with Crippen LogP contribution in [0.3, 0.4) is 0 Å². The smallest absolute Gasteiger partial charge is 0.257 e. The zero-order valence-corrected chi connectivity index (χ0v) is 24.6. The predicted octanol–water partition coefficient (Wildman–Crippen LogP) is 6.38. The number of benzene rings is 2. The normalized spacial score (nSPS) is 17.4. The molecule has 42 heavy (non-hydrogen) atoms. The Bertz CT molecular complexity index is 1650. The number of halogens is 1. The van der Waals surface area contributed by atoms with E-state index in [2.05, 4.69) is 18.1 Å². The van der Waals surface area contributed by atoms with Gasteiger partial charge in [0.2, 0.25) is 0 Å². The highest BCUT2D eigenvalue weighted by molar-refractivity contribution is 5.71. The molecule has 1 aliphatic carbocycles. The quantitative estimate of drug-likeness (QED) is 0.239. The first-order chi connectivity index (χ1) is 20.2. The van der Waals surface area contributed by atoms with Gasteiger partial charge in [-0.2, -0.15) is 10.4 Å². The molecule has 0 radical (unpaired) electrons. The molecule has 2 heterocycles. The maximum atomic E-state index is 15.5. The lowest BCUT2D eigenvalue weighted by atomic mass is 9.92. The lowest BCUT2D eigenvalue weighted by Gasteiger charge is -2.32. The molecule has 0 atom stereocenters. The summed E-state index contributed by atoms with van der Waals surface area (Å²) in [6, 6.07) is 16.0. The van der Waals surface area contributed by atoms with Crippen molar-refractivity contribution in [2.75, 3.05) is 6.61 Å². The van der Waals surface area contributed by atoms with Gasteiger partial charge in [-0.1, -0.05) is 43.7 Å². The fourth-order valence-electron chi connectivity index (χ4n) is 6.02. The second-order valence-electron chi connectivity index (χ2n) is 12.0. The van der Waals surface area contributed by atoms with Crippen molar-refractivity contribution in [1.82, 2.24) is 14.2 Å². The second-order valence-corrected chi connectivity index (χ2v) is 12.0. The molecular formula is C34H39FN4O3. The van der Waals surface area contributed by atoms with Crippen LogP contribution in [0, 0.1) is 17.1 Å². The van der Waals surface area contributed by atoms with E-state index in [1.807, 2.05) is 21.2 Å². The lowest BCUT2D eigenvalue weighted by Crippen LogP contribution is -2.36. The Morgan fingerprint density at radius 1 is 1.12 bits per heavy atom. The first-order valence-electron chi connectivity index (χ1n) is 14.9. The number of aromatic nitrogens is 3. The van der Waals surface area contributed by atoms with E-state index in [-0.39, 0.29) is 30.7 Å². The molecule has 1 aliphatic rings. The van der Waals surface area contributed by atoms with Crippen molar-refractivity contribution in [2.24, 2.45) is 0 Å². The summed E-state index contributed by atoms with van der Waals surface area (Å²) in [6.45, 7) is 5.87. The van der Waals surface area contributed by atoms with Crippen LogP contribution in [0.25, 0.3) is 16.8 Å². The fourth-order valence-corrected chi connectivity index (χ4v) is 6.02. The highest BCUT2D eigenvalue weighted by Crippen LogP contribution is 2.32. The largest absolute Gasteiger partial charge is 0.388 e. The van der Waals surface area contributed by atoms with Crippen LogP contribution in [0.2, 0.25) is 0 Å². The SMILES string of the molecule is CCCCc1c(Cc2ccc(-c3ccccc3C#N)c(F)c2)c(=O)n([C@H]2CC[C@H](OCC(C)(C)O)CC2)c2ccnn12. The van der Waals surface area contributed by atoms with E-state index >= 15 is 4.39 Å². The average molecular weight is 571 g/mol. The molecule has 0 spiro atoms. The molecule has 8 heteroatoms. The molecule has 2 aromatic heterocycles. The van der Waals surface area contributed by atoms with Gasteiger partial charge in [-0.05, 0) is 70.1 Å². The zero-order chi connectivity index (χ0) is 29.9. The van der Waals surface area contributed by atoms with Gasteiger partial charge in [0.25, 0.3) is 5.56 Å². The summed E-state index contributed by atoms with van der Waals surface area (Å²) in [5.41, 5.74) is 3.41. The number of nitriles is 1. The summed E-state index contributed by atoms with van der Waals surface area (Å²) in [4.78, 5) is 14.3. The van der Waals surface area contributed by atoms with Crippen LogP contribution in [0.1, 0.15) is 87.7 Å². The number of aliphatic hydroxyl groups is 1. The third kappa shape index (κ3) is 6.33. The van der Waals surface area contributed by atoms with Gasteiger partial charge in [0.05, 0.1) is 41.8 Å². The van der Waals surface area contributed by atoms with Crippen LogP contribution in [-0.2, 0) is 17.6 Å². The van der Waals surface area contributed by atoms with E-state index in [1.54, 1.807) is 50.4 Å². The molecule has 4 aromatic rings. The zero-order valence-electron chi connectivity index (χ0n) is 24.6. The topological polar surface area (TPSA) is 92.5 Å². The highest BCUT2D eigenvalue weighted by Gasteiger charge is 2.28. The van der Waals surface area contributed by atoms with Gasteiger partial charge in [-0.25, -0.2) is 8.91 Å². The van der Waals surface area contributed by atoms with E-state index in [0.717, 1.165) is 49.9 Å². The summed E-state index contributed by atoms with van der Waals surface area (Å²) in [7, 11) is 0. The van der Waals surface area contributed by atoms with Gasteiger partial charge in [0.15, 0.2) is 0 Å². The maximum Gasteiger partial charge on any atom is 0.257 e. The summed E-state index contributed by atoms with van der Waals surface area (Å²) in [5.74, 6) is -0.421. The molecule has 0 unspecified atom stereocenters. The number of nitrogens with zero attached hydrogens (tertiary/aromatic N) is 4. The minimum absolute atomic E-state index is 0.000688. The Kier molecular flexibility index (Phi) is 8.91. The van der Waals surface area contributed by atoms with Crippen LogP contribution < -0.4 is 5.56 Å². The molecular weight excluding hydrogens is 531 g/mol. The number of hydrogen-bond donors (Lipinski definition) is 1. The summed E-state index contributed by atoms with van der Waals surface area (Å²) in [6.07, 6.45) is 7.84. The van der Waals surface area contributed by atoms with Crippen LogP contribution in [-0.4, -0.2) is 37.6 Å². The first-order valence-corrected chi connectivity index (χ1v) is 14.9. The van der Waals surface area contributed by atoms with Gasteiger partial charge in [-0.15, -0.1) is 0 Å². The maximum absolute atomic E-state index is 15.5. The Labute approximate surface area is 246 Å². The molecule has 0 aliphatic heterocycles. The third-order valence-corrected chi connectivity index (χ3v) is 8.15. The van der Waals surface area contributed by atoms with E-state index in [0.29, 0.717) is 34.2 Å². The van der Waals surface area contributed by atoms with Crippen molar-refractivity contribution in [1.29, 1.82) is 5.26 Å². The standard InChI is InChI=1S/C34H39FN4O3/c1-4-5-10-31-29(19-23-11-16-28(30(35)20-23)27-9-7-6-8-24(27)21-36)33(40)38(32-17-18-37-39(31)32)25-12-14-26(15-13-25)42-22-34(2,3)41/h6-9,11,16-18,20,25-26,41H,4-5,10,12-15,19,22H2,1-3H3/t25-,26-. The van der Waals surface area contributed by atoms with Gasteiger partial charge in [0.1, 0.15) is 11.5 Å². The number of fused-ring (bicyclic) bond motifs is 1. The molecule has 1 N–H and O–H groups in total. The van der Waals surface area contributed by atoms with Crippen molar-refractivity contribution in [3.63, 3.8) is 0 Å². The molecule has 2 aromatic carbocycles. The van der Waals surface area contributed by atoms with Crippen LogP contribution in [0.4, 0.5) is 4.39 Å². The Hall–Kier alpha value is -3.80. The lowest BCUT2D eigenvalue weighted by molar-refractivity contribution is -0.0654. The minimum atomic E-state index is -0.877. The molecule has 1 fully saturated rings. The fraction of sp³-hybridized carbons (Fsp3) is 0.441. The Morgan fingerprint density at radius 2 is 1.88 bits per heavy atom. The van der Waals surface area contributed by atoms with Gasteiger partial charge < -0.3 is 9.84 Å². The number of ether oxygens (including phenoxy) is 1. The Balaban J connectivity index is 1.49. The molecule has 5 rings (SSSR count). The third-order valence-electron chi connectivity index (χ3n) is 8.15. The van der Waals surface area contributed by atoms with E-state index in [4.69, 9.17) is 4.74 Å². The Morgan fingerprint density at radius 3 is 2.57 bits per heavy atom. The van der Waals surface area contributed by atoms with Crippen molar-refractivity contribution >= 4 is 5.65 Å². The minimum Gasteiger partial charge on any atom is -0.388 e. The predicted molar refractivity (Wildman–Crippen MR) is 161 cm³/mol. The van der Waals surface area contributed by atoms with E-state index < -0.39 is 11.4 Å². The number of hydrogen-bond acceptors (Lipinski definition) is 5. The average Bonchev–Trinajstić information content (AvgIpc) is 3.45. The van der Waals surface area contributed by atoms with Crippen LogP contribution in [0.5, 0.6) is 0 Å². The van der Waals surface area contributed by atoms with Gasteiger partial charge in [0, 0.05) is 35.2 Å². The molecule has 0 saturated heterocycles. The van der Waals surface area contributed by atoms with Gasteiger partial charge in [-0.3, -0.25) is 9.36 Å². The highest BCUT2D eigenvalue weighted by atomic mass is 19.1. The van der Waals surface area contributed by atoms with Crippen molar-refractivity contribution in [3.8, 4) is 17.2 Å². The van der Waals surface area contributed by atoms with Crippen LogP contribution in [0.15, 0.2) is 59.5 Å². The summed E-state index contributed by atoms with van der Waals surface area (Å²) >= 11 is 0. The van der Waals surface area contributed by atoms with Crippen molar-refractivity contribution in [2.45, 2.75) is 89.9 Å². The number of unbranched alkanes of at least 4 members (excludes halogenated alkanes) is 1. The van der Waals surface area contributed by atoms with Crippen molar-refractivity contribution < 1.29 is 14.2 Å². The summed E-state index contributed by atoms with van der Waals surface area (Å²) < 4.78 is 25.2. The second kappa shape index (κ2) is 12.6. The monoisotopic (exact) mass is 570 g/mol. The van der Waals surface area contributed by atoms with E-state index in [1.165, 1.54) is 6.07 Å². The van der Waals surface area contributed by atoms with Crippen LogP contribution >= 0.6 is 0 Å². The molecule has 1 saturated carbocycles.